The second-order valence-corrected chi connectivity index (χ2v) is 10.6. The van der Waals surface area contributed by atoms with Gasteiger partial charge in [-0.05, 0) is 31.0 Å². The van der Waals surface area contributed by atoms with E-state index in [4.69, 9.17) is 4.43 Å². The predicted molar refractivity (Wildman–Crippen MR) is 71.8 cm³/mol. The zero-order chi connectivity index (χ0) is 12.1. The van der Waals surface area contributed by atoms with E-state index in [1.807, 2.05) is 6.08 Å². The normalized spacial score (nSPS) is 15.1. The molecule has 0 saturated heterocycles. The van der Waals surface area contributed by atoms with Gasteiger partial charge in [0.2, 0.25) is 0 Å². The molecule has 1 nitrogen and oxygen atoms in total. The molecular formula is C13H28OSi. The summed E-state index contributed by atoms with van der Waals surface area (Å²) in [6, 6.07) is 0. The van der Waals surface area contributed by atoms with Gasteiger partial charge in [0.05, 0.1) is 0 Å². The van der Waals surface area contributed by atoms with E-state index in [0.29, 0.717) is 11.1 Å². The molecule has 90 valence electrons. The van der Waals surface area contributed by atoms with Gasteiger partial charge in [-0.2, -0.15) is 0 Å². The second kappa shape index (κ2) is 5.85. The third-order valence-electron chi connectivity index (χ3n) is 3.31. The Bertz CT molecular complexity index is 191. The minimum absolute atomic E-state index is 0.306. The highest BCUT2D eigenvalue weighted by Gasteiger charge is 2.38. The molecule has 0 radical (unpaired) electrons. The molecule has 0 rings (SSSR count). The van der Waals surface area contributed by atoms with Crippen LogP contribution in [0, 0.1) is 0 Å². The maximum atomic E-state index is 6.35. The van der Waals surface area contributed by atoms with Crippen LogP contribution in [-0.2, 0) is 4.43 Å². The van der Waals surface area contributed by atoms with Crippen molar-refractivity contribution in [2.24, 2.45) is 0 Å². The van der Waals surface area contributed by atoms with E-state index in [-0.39, 0.29) is 0 Å². The van der Waals surface area contributed by atoms with E-state index in [9.17, 15) is 0 Å². The summed E-state index contributed by atoms with van der Waals surface area (Å²) < 4.78 is 6.35. The van der Waals surface area contributed by atoms with E-state index in [1.54, 1.807) is 0 Å². The molecular weight excluding hydrogens is 200 g/mol. The van der Waals surface area contributed by atoms with Crippen LogP contribution in [0.1, 0.15) is 47.0 Å². The first-order valence-corrected chi connectivity index (χ1v) is 8.94. The summed E-state index contributed by atoms with van der Waals surface area (Å²) in [6.07, 6.45) is 5.69. The molecule has 0 unspecified atom stereocenters. The van der Waals surface area contributed by atoms with Gasteiger partial charge in [-0.15, -0.1) is 6.58 Å². The summed E-state index contributed by atoms with van der Waals surface area (Å²) in [5.74, 6) is 0. The zero-order valence-electron chi connectivity index (χ0n) is 11.4. The first kappa shape index (κ1) is 14.9. The lowest BCUT2D eigenvalue weighted by molar-refractivity contribution is 0.173. The standard InChI is InChI=1S/C13H28OSi/c1-8-10-12(11-9-2)14-15(6,7)13(3,4)5/h8,12H,1,9-11H2,2-7H3/t12-/m0/s1. The third kappa shape index (κ3) is 4.98. The fourth-order valence-electron chi connectivity index (χ4n) is 1.33. The molecule has 0 saturated carbocycles. The van der Waals surface area contributed by atoms with Crippen LogP contribution in [0.15, 0.2) is 12.7 Å². The molecule has 0 aliphatic heterocycles. The lowest BCUT2D eigenvalue weighted by Gasteiger charge is -2.39. The minimum atomic E-state index is -1.59. The molecule has 0 bridgehead atoms. The number of hydrogen-bond acceptors (Lipinski definition) is 1. The molecule has 0 amide bonds. The Balaban J connectivity index is 4.43. The van der Waals surface area contributed by atoms with E-state index in [2.05, 4.69) is 47.4 Å². The molecule has 1 atom stereocenters. The molecule has 0 spiro atoms. The van der Waals surface area contributed by atoms with Crippen LogP contribution in [0.2, 0.25) is 18.1 Å². The second-order valence-electron chi connectivity index (χ2n) is 5.81. The highest BCUT2D eigenvalue weighted by atomic mass is 28.4. The van der Waals surface area contributed by atoms with Gasteiger partial charge in [0, 0.05) is 6.10 Å². The molecule has 0 aromatic heterocycles. The van der Waals surface area contributed by atoms with Crippen LogP contribution < -0.4 is 0 Å². The van der Waals surface area contributed by atoms with Gasteiger partial charge in [0.1, 0.15) is 0 Å². The first-order chi connectivity index (χ1) is 6.74. The lowest BCUT2D eigenvalue weighted by Crippen LogP contribution is -2.43. The van der Waals surface area contributed by atoms with Gasteiger partial charge < -0.3 is 4.43 Å². The van der Waals surface area contributed by atoms with Crippen molar-refractivity contribution in [2.75, 3.05) is 0 Å². The smallest absolute Gasteiger partial charge is 0.192 e. The molecule has 0 aromatic carbocycles. The average molecular weight is 228 g/mol. The van der Waals surface area contributed by atoms with Crippen molar-refractivity contribution in [2.45, 2.75) is 71.2 Å². The summed E-state index contributed by atoms with van der Waals surface area (Å²) in [6.45, 7) is 17.5. The summed E-state index contributed by atoms with van der Waals surface area (Å²) in [5.41, 5.74) is 0. The van der Waals surface area contributed by atoms with Crippen molar-refractivity contribution in [3.63, 3.8) is 0 Å². The van der Waals surface area contributed by atoms with E-state index >= 15 is 0 Å². The van der Waals surface area contributed by atoms with Crippen LogP contribution in [0.25, 0.3) is 0 Å². The lowest BCUT2D eigenvalue weighted by atomic mass is 10.1. The van der Waals surface area contributed by atoms with Crippen LogP contribution in [-0.4, -0.2) is 14.4 Å². The topological polar surface area (TPSA) is 9.23 Å². The minimum Gasteiger partial charge on any atom is -0.414 e. The summed E-state index contributed by atoms with van der Waals surface area (Å²) in [4.78, 5) is 0. The Morgan fingerprint density at radius 2 is 1.87 bits per heavy atom. The Morgan fingerprint density at radius 1 is 1.33 bits per heavy atom. The summed E-state index contributed by atoms with van der Waals surface area (Å²) in [7, 11) is -1.59. The molecule has 0 aliphatic carbocycles. The molecule has 0 aliphatic rings. The van der Waals surface area contributed by atoms with Crippen molar-refractivity contribution in [3.05, 3.63) is 12.7 Å². The molecule has 15 heavy (non-hydrogen) atoms. The maximum Gasteiger partial charge on any atom is 0.192 e. The average Bonchev–Trinajstić information content (AvgIpc) is 2.02. The Hall–Kier alpha value is -0.0831. The van der Waals surface area contributed by atoms with Gasteiger partial charge >= 0.3 is 0 Å². The van der Waals surface area contributed by atoms with Crippen LogP contribution in [0.4, 0.5) is 0 Å². The molecule has 0 fully saturated rings. The molecule has 0 heterocycles. The van der Waals surface area contributed by atoms with Gasteiger partial charge in [0.25, 0.3) is 0 Å². The number of rotatable bonds is 6. The van der Waals surface area contributed by atoms with Crippen molar-refractivity contribution in [3.8, 4) is 0 Å². The quantitative estimate of drug-likeness (QED) is 0.471. The fraction of sp³-hybridized carbons (Fsp3) is 0.846. The zero-order valence-corrected chi connectivity index (χ0v) is 12.4. The summed E-state index contributed by atoms with van der Waals surface area (Å²) in [5, 5.41) is 0.306. The van der Waals surface area contributed by atoms with E-state index < -0.39 is 8.32 Å². The Morgan fingerprint density at radius 3 is 2.20 bits per heavy atom. The highest BCUT2D eigenvalue weighted by molar-refractivity contribution is 6.74. The van der Waals surface area contributed by atoms with E-state index in [0.717, 1.165) is 12.8 Å². The molecule has 2 heteroatoms. The third-order valence-corrected chi connectivity index (χ3v) is 7.84. The van der Waals surface area contributed by atoms with Gasteiger partial charge in [-0.1, -0.05) is 40.2 Å². The van der Waals surface area contributed by atoms with Crippen molar-refractivity contribution < 1.29 is 4.43 Å². The monoisotopic (exact) mass is 228 g/mol. The highest BCUT2D eigenvalue weighted by Crippen LogP contribution is 2.38. The Kier molecular flexibility index (Phi) is 5.82. The van der Waals surface area contributed by atoms with Crippen molar-refractivity contribution >= 4 is 8.32 Å². The van der Waals surface area contributed by atoms with Gasteiger partial charge in [-0.25, -0.2) is 0 Å². The van der Waals surface area contributed by atoms with Gasteiger partial charge in [-0.3, -0.25) is 0 Å². The van der Waals surface area contributed by atoms with Crippen molar-refractivity contribution in [1.82, 2.24) is 0 Å². The van der Waals surface area contributed by atoms with Crippen LogP contribution in [0.5, 0.6) is 0 Å². The maximum absolute atomic E-state index is 6.35. The first-order valence-electron chi connectivity index (χ1n) is 6.03. The van der Waals surface area contributed by atoms with Crippen LogP contribution >= 0.6 is 0 Å². The summed E-state index contributed by atoms with van der Waals surface area (Å²) >= 11 is 0. The van der Waals surface area contributed by atoms with E-state index in [1.165, 1.54) is 6.42 Å². The SMILES string of the molecule is C=CC[C@@H](CCC)O[Si](C)(C)C(C)(C)C. The molecule has 0 aromatic rings. The fourth-order valence-corrected chi connectivity index (χ4v) is 2.73. The van der Waals surface area contributed by atoms with Crippen LogP contribution in [0.3, 0.4) is 0 Å². The number of hydrogen-bond donors (Lipinski definition) is 0. The van der Waals surface area contributed by atoms with Crippen molar-refractivity contribution in [1.29, 1.82) is 0 Å². The Labute approximate surface area is 97.0 Å². The largest absolute Gasteiger partial charge is 0.414 e. The predicted octanol–water partition coefficient (Wildman–Crippen LogP) is 4.75. The van der Waals surface area contributed by atoms with Gasteiger partial charge in [0.15, 0.2) is 8.32 Å². The molecule has 0 N–H and O–H groups in total.